The molecule has 2 aromatic rings. The Bertz CT molecular complexity index is 729. The largest absolute Gasteiger partial charge is 0.341 e. The lowest BCUT2D eigenvalue weighted by atomic mass is 10.2. The lowest BCUT2D eigenvalue weighted by Crippen LogP contribution is -2.41. The third-order valence-corrected chi connectivity index (χ3v) is 4.26. The quantitative estimate of drug-likeness (QED) is 0.618. The molecule has 0 aliphatic rings. The van der Waals surface area contributed by atoms with Gasteiger partial charge in [-0.3, -0.25) is 14.7 Å². The number of amides is 3. The first-order valence-electron chi connectivity index (χ1n) is 7.35. The van der Waals surface area contributed by atoms with Crippen molar-refractivity contribution in [2.75, 3.05) is 7.05 Å². The van der Waals surface area contributed by atoms with Gasteiger partial charge in [0.05, 0.1) is 5.25 Å². The summed E-state index contributed by atoms with van der Waals surface area (Å²) in [5, 5.41) is 13.1. The van der Waals surface area contributed by atoms with Crippen LogP contribution in [-0.4, -0.2) is 39.0 Å². The smallest absolute Gasteiger partial charge is 0.321 e. The molecule has 0 aliphatic carbocycles. The SMILES string of the molecule is C=CCn1c(SC(C)C(=O)NC(=O)NC)nnc1-c1ccccc1. The Labute approximate surface area is 144 Å². The van der Waals surface area contributed by atoms with E-state index in [2.05, 4.69) is 27.4 Å². The van der Waals surface area contributed by atoms with Crippen LogP contribution in [0.2, 0.25) is 0 Å². The van der Waals surface area contributed by atoms with Crippen LogP contribution in [0.5, 0.6) is 0 Å². The maximum atomic E-state index is 12.0. The van der Waals surface area contributed by atoms with E-state index in [0.29, 0.717) is 17.5 Å². The van der Waals surface area contributed by atoms with Crippen molar-refractivity contribution in [3.63, 3.8) is 0 Å². The molecule has 24 heavy (non-hydrogen) atoms. The minimum atomic E-state index is -0.537. The Morgan fingerprint density at radius 2 is 2.04 bits per heavy atom. The fraction of sp³-hybridized carbons (Fsp3) is 0.250. The number of hydrogen-bond acceptors (Lipinski definition) is 5. The summed E-state index contributed by atoms with van der Waals surface area (Å²) in [7, 11) is 1.45. The molecule has 3 amide bonds. The van der Waals surface area contributed by atoms with Gasteiger partial charge >= 0.3 is 6.03 Å². The maximum absolute atomic E-state index is 12.0. The third kappa shape index (κ3) is 4.23. The van der Waals surface area contributed by atoms with E-state index >= 15 is 0 Å². The Balaban J connectivity index is 2.21. The molecule has 0 saturated heterocycles. The highest BCUT2D eigenvalue weighted by Gasteiger charge is 2.21. The van der Waals surface area contributed by atoms with Gasteiger partial charge in [0.25, 0.3) is 0 Å². The highest BCUT2D eigenvalue weighted by atomic mass is 32.2. The summed E-state index contributed by atoms with van der Waals surface area (Å²) in [6, 6.07) is 9.13. The molecule has 2 rings (SSSR count). The molecule has 126 valence electrons. The second-order valence-electron chi connectivity index (χ2n) is 4.90. The van der Waals surface area contributed by atoms with Gasteiger partial charge in [-0.15, -0.1) is 16.8 Å². The summed E-state index contributed by atoms with van der Waals surface area (Å²) in [6.07, 6.45) is 1.75. The first kappa shape index (κ1) is 17.7. The van der Waals surface area contributed by atoms with Crippen LogP contribution in [0.25, 0.3) is 11.4 Å². The zero-order chi connectivity index (χ0) is 17.5. The van der Waals surface area contributed by atoms with Gasteiger partial charge in [0, 0.05) is 19.2 Å². The molecular weight excluding hydrogens is 326 g/mol. The number of nitrogens with zero attached hydrogens (tertiary/aromatic N) is 3. The molecule has 2 N–H and O–H groups in total. The monoisotopic (exact) mass is 345 g/mol. The number of rotatable bonds is 6. The minimum absolute atomic E-state index is 0.395. The molecule has 0 saturated carbocycles. The Morgan fingerprint density at radius 1 is 1.33 bits per heavy atom. The highest BCUT2D eigenvalue weighted by molar-refractivity contribution is 8.00. The Hall–Kier alpha value is -2.61. The zero-order valence-electron chi connectivity index (χ0n) is 13.5. The molecule has 1 aromatic heterocycles. The van der Waals surface area contributed by atoms with Crippen molar-refractivity contribution in [2.24, 2.45) is 0 Å². The van der Waals surface area contributed by atoms with Gasteiger partial charge in [0.15, 0.2) is 11.0 Å². The average Bonchev–Trinajstić information content (AvgIpc) is 2.98. The molecule has 1 heterocycles. The fourth-order valence-electron chi connectivity index (χ4n) is 1.96. The highest BCUT2D eigenvalue weighted by Crippen LogP contribution is 2.26. The van der Waals surface area contributed by atoms with Crippen LogP contribution >= 0.6 is 11.8 Å². The van der Waals surface area contributed by atoms with Crippen molar-refractivity contribution in [3.8, 4) is 11.4 Å². The molecule has 1 aromatic carbocycles. The lowest BCUT2D eigenvalue weighted by Gasteiger charge is -2.12. The number of hydrogen-bond donors (Lipinski definition) is 2. The first-order chi connectivity index (χ1) is 11.6. The van der Waals surface area contributed by atoms with Gasteiger partial charge < -0.3 is 5.32 Å². The molecule has 0 fully saturated rings. The second kappa shape index (κ2) is 8.30. The molecule has 0 radical (unpaired) electrons. The lowest BCUT2D eigenvalue weighted by molar-refractivity contribution is -0.119. The van der Waals surface area contributed by atoms with Gasteiger partial charge in [-0.1, -0.05) is 48.2 Å². The van der Waals surface area contributed by atoms with Crippen molar-refractivity contribution in [1.29, 1.82) is 0 Å². The molecule has 0 bridgehead atoms. The number of thioether (sulfide) groups is 1. The van der Waals surface area contributed by atoms with Crippen molar-refractivity contribution < 1.29 is 9.59 Å². The van der Waals surface area contributed by atoms with E-state index in [-0.39, 0.29) is 0 Å². The van der Waals surface area contributed by atoms with Gasteiger partial charge in [0.1, 0.15) is 0 Å². The first-order valence-corrected chi connectivity index (χ1v) is 8.23. The number of aromatic nitrogens is 3. The molecule has 1 atom stereocenters. The number of allylic oxidation sites excluding steroid dienone is 1. The van der Waals surface area contributed by atoms with Gasteiger partial charge in [-0.25, -0.2) is 4.79 Å². The number of benzene rings is 1. The molecular formula is C16H19N5O2S. The molecule has 1 unspecified atom stereocenters. The van der Waals surface area contributed by atoms with Crippen molar-refractivity contribution in [1.82, 2.24) is 25.4 Å². The average molecular weight is 345 g/mol. The second-order valence-corrected chi connectivity index (χ2v) is 6.21. The minimum Gasteiger partial charge on any atom is -0.341 e. The number of urea groups is 1. The molecule has 0 spiro atoms. The maximum Gasteiger partial charge on any atom is 0.321 e. The summed E-state index contributed by atoms with van der Waals surface area (Å²) in [4.78, 5) is 23.2. The molecule has 8 heteroatoms. The Kier molecular flexibility index (Phi) is 6.14. The van der Waals surface area contributed by atoms with Crippen LogP contribution in [0, 0.1) is 0 Å². The summed E-state index contributed by atoms with van der Waals surface area (Å²) >= 11 is 1.24. The topological polar surface area (TPSA) is 88.9 Å². The van der Waals surface area contributed by atoms with Crippen molar-refractivity contribution >= 4 is 23.7 Å². The van der Waals surface area contributed by atoms with E-state index < -0.39 is 17.2 Å². The zero-order valence-corrected chi connectivity index (χ0v) is 14.3. The number of carbonyl (C=O) groups excluding carboxylic acids is 2. The summed E-state index contributed by atoms with van der Waals surface area (Å²) in [5.74, 6) is 0.311. The number of imide groups is 1. The van der Waals surface area contributed by atoms with Crippen LogP contribution in [0.1, 0.15) is 6.92 Å². The van der Waals surface area contributed by atoms with E-state index in [1.807, 2.05) is 34.9 Å². The van der Waals surface area contributed by atoms with Crippen LogP contribution in [0.15, 0.2) is 48.1 Å². The van der Waals surface area contributed by atoms with E-state index in [9.17, 15) is 9.59 Å². The summed E-state index contributed by atoms with van der Waals surface area (Å²) < 4.78 is 1.89. The van der Waals surface area contributed by atoms with E-state index in [1.54, 1.807) is 13.0 Å². The standard InChI is InChI=1S/C16H19N5O2S/c1-4-10-21-13(12-8-6-5-7-9-12)19-20-16(21)24-11(2)14(22)18-15(23)17-3/h4-9,11H,1,10H2,2-3H3,(H2,17,18,22,23). The van der Waals surface area contributed by atoms with Crippen LogP contribution in [0.3, 0.4) is 0 Å². The summed E-state index contributed by atoms with van der Waals surface area (Å²) in [5.41, 5.74) is 0.932. The van der Waals surface area contributed by atoms with E-state index in [0.717, 1.165) is 5.56 Å². The van der Waals surface area contributed by atoms with E-state index in [4.69, 9.17) is 0 Å². The van der Waals surface area contributed by atoms with Crippen LogP contribution in [-0.2, 0) is 11.3 Å². The van der Waals surface area contributed by atoms with Crippen molar-refractivity contribution in [3.05, 3.63) is 43.0 Å². The van der Waals surface area contributed by atoms with Crippen LogP contribution in [0.4, 0.5) is 4.79 Å². The fourth-order valence-corrected chi connectivity index (χ4v) is 2.82. The van der Waals surface area contributed by atoms with E-state index in [1.165, 1.54) is 18.8 Å². The number of carbonyl (C=O) groups is 2. The van der Waals surface area contributed by atoms with Crippen LogP contribution < -0.4 is 10.6 Å². The normalized spacial score (nSPS) is 11.6. The van der Waals surface area contributed by atoms with Crippen molar-refractivity contribution in [2.45, 2.75) is 23.9 Å². The Morgan fingerprint density at radius 3 is 2.67 bits per heavy atom. The third-order valence-electron chi connectivity index (χ3n) is 3.18. The predicted octanol–water partition coefficient (Wildman–Crippen LogP) is 2.07. The van der Waals surface area contributed by atoms with Gasteiger partial charge in [-0.05, 0) is 6.92 Å². The van der Waals surface area contributed by atoms with Gasteiger partial charge in [-0.2, -0.15) is 0 Å². The predicted molar refractivity (Wildman–Crippen MR) is 93.6 cm³/mol. The number of nitrogens with one attached hydrogen (secondary N) is 2. The molecule has 7 nitrogen and oxygen atoms in total. The summed E-state index contributed by atoms with van der Waals surface area (Å²) in [6.45, 7) is 5.98. The molecule has 0 aliphatic heterocycles. The van der Waals surface area contributed by atoms with Gasteiger partial charge in [0.2, 0.25) is 5.91 Å².